The predicted molar refractivity (Wildman–Crippen MR) is 44.1 cm³/mol. The average molecular weight is 150 g/mol. The van der Waals surface area contributed by atoms with Gasteiger partial charge in [0.15, 0.2) is 0 Å². The van der Waals surface area contributed by atoms with Gasteiger partial charge in [0, 0.05) is 0 Å². The Balaban J connectivity index is 2.25. The van der Waals surface area contributed by atoms with Crippen molar-refractivity contribution < 1.29 is 4.79 Å². The minimum absolute atomic E-state index is 0.479. The van der Waals surface area contributed by atoms with Crippen LogP contribution in [0, 0.1) is 17.3 Å². The summed E-state index contributed by atoms with van der Waals surface area (Å²) in [5, 5.41) is 0. The van der Waals surface area contributed by atoms with E-state index >= 15 is 0 Å². The first-order valence-electron chi connectivity index (χ1n) is 4.30. The lowest BCUT2D eigenvalue weighted by atomic mass is 9.50. The number of aldehydes is 1. The number of allylic oxidation sites excluding steroid dienone is 2. The number of carbonyl (C=O) groups is 1. The summed E-state index contributed by atoms with van der Waals surface area (Å²) >= 11 is 0. The summed E-state index contributed by atoms with van der Waals surface area (Å²) in [5.74, 6) is 1.46. The Kier molecular flexibility index (Phi) is 1.26. The molecule has 0 amide bonds. The summed E-state index contributed by atoms with van der Waals surface area (Å²) in [5.41, 5.74) is 1.51. The van der Waals surface area contributed by atoms with Gasteiger partial charge in [-0.1, -0.05) is 19.9 Å². The maximum atomic E-state index is 10.5. The summed E-state index contributed by atoms with van der Waals surface area (Å²) in [6, 6.07) is 0. The third kappa shape index (κ3) is 0.800. The number of fused-ring (bicyclic) bond motifs is 1. The van der Waals surface area contributed by atoms with Crippen LogP contribution in [0.2, 0.25) is 0 Å². The Hall–Kier alpha value is -0.590. The Labute approximate surface area is 67.5 Å². The highest BCUT2D eigenvalue weighted by Gasteiger charge is 2.49. The Morgan fingerprint density at radius 3 is 2.73 bits per heavy atom. The molecule has 0 aliphatic heterocycles. The van der Waals surface area contributed by atoms with Crippen molar-refractivity contribution in [3.63, 3.8) is 0 Å². The number of hydrogen-bond acceptors (Lipinski definition) is 1. The largest absolute Gasteiger partial charge is 0.298 e. The second-order valence-corrected chi connectivity index (χ2v) is 4.42. The quantitative estimate of drug-likeness (QED) is 0.523. The van der Waals surface area contributed by atoms with Crippen molar-refractivity contribution in [3.05, 3.63) is 11.6 Å². The van der Waals surface area contributed by atoms with Gasteiger partial charge < -0.3 is 0 Å². The Morgan fingerprint density at radius 1 is 1.64 bits per heavy atom. The molecule has 1 saturated carbocycles. The summed E-state index contributed by atoms with van der Waals surface area (Å²) < 4.78 is 0. The van der Waals surface area contributed by atoms with Crippen molar-refractivity contribution in [2.75, 3.05) is 0 Å². The van der Waals surface area contributed by atoms with Gasteiger partial charge in [0.25, 0.3) is 0 Å². The second-order valence-electron chi connectivity index (χ2n) is 4.42. The van der Waals surface area contributed by atoms with E-state index in [4.69, 9.17) is 0 Å². The van der Waals surface area contributed by atoms with Crippen LogP contribution < -0.4 is 0 Å². The molecule has 2 atom stereocenters. The van der Waals surface area contributed by atoms with Crippen LogP contribution in [-0.2, 0) is 4.79 Å². The van der Waals surface area contributed by atoms with Gasteiger partial charge in [-0.2, -0.15) is 0 Å². The van der Waals surface area contributed by atoms with Gasteiger partial charge in [-0.05, 0) is 35.7 Å². The minimum atomic E-state index is 0.479. The van der Waals surface area contributed by atoms with Gasteiger partial charge in [-0.3, -0.25) is 4.79 Å². The summed E-state index contributed by atoms with van der Waals surface area (Å²) in [4.78, 5) is 10.5. The fraction of sp³-hybridized carbons (Fsp3) is 0.700. The molecule has 11 heavy (non-hydrogen) atoms. The fourth-order valence-electron chi connectivity index (χ4n) is 2.38. The molecule has 0 N–H and O–H groups in total. The molecule has 0 radical (unpaired) electrons. The molecule has 0 aromatic carbocycles. The zero-order chi connectivity index (χ0) is 8.06. The molecule has 1 heteroatoms. The second kappa shape index (κ2) is 1.96. The SMILES string of the molecule is CC1(C)C2C=C(C=O)CC1C2. The van der Waals surface area contributed by atoms with Crippen LogP contribution in [0.3, 0.4) is 0 Å². The molecule has 2 bridgehead atoms. The molecule has 0 aromatic rings. The summed E-state index contributed by atoms with van der Waals surface area (Å²) in [7, 11) is 0. The molecule has 3 aliphatic carbocycles. The van der Waals surface area contributed by atoms with E-state index in [1.807, 2.05) is 0 Å². The lowest BCUT2D eigenvalue weighted by Gasteiger charge is -2.54. The summed E-state index contributed by atoms with van der Waals surface area (Å²) in [6.07, 6.45) is 5.53. The van der Waals surface area contributed by atoms with Gasteiger partial charge in [0.2, 0.25) is 0 Å². The van der Waals surface area contributed by atoms with Gasteiger partial charge in [0.1, 0.15) is 6.29 Å². The van der Waals surface area contributed by atoms with E-state index in [1.165, 1.54) is 6.42 Å². The monoisotopic (exact) mass is 150 g/mol. The van der Waals surface area contributed by atoms with Crippen LogP contribution in [0.4, 0.5) is 0 Å². The lowest BCUT2D eigenvalue weighted by Crippen LogP contribution is -2.46. The highest BCUT2D eigenvalue weighted by atomic mass is 16.1. The zero-order valence-corrected chi connectivity index (χ0v) is 7.13. The Morgan fingerprint density at radius 2 is 2.36 bits per heavy atom. The molecular formula is C10H14O. The van der Waals surface area contributed by atoms with E-state index in [2.05, 4.69) is 19.9 Å². The number of hydrogen-bond donors (Lipinski definition) is 0. The van der Waals surface area contributed by atoms with E-state index in [0.29, 0.717) is 11.3 Å². The smallest absolute Gasteiger partial charge is 0.145 e. The van der Waals surface area contributed by atoms with Gasteiger partial charge in [-0.15, -0.1) is 0 Å². The number of rotatable bonds is 1. The third-order valence-electron chi connectivity index (χ3n) is 3.60. The first-order chi connectivity index (χ1) is 5.14. The molecule has 0 aromatic heterocycles. The lowest BCUT2D eigenvalue weighted by molar-refractivity contribution is -0.106. The first kappa shape index (κ1) is 7.08. The van der Waals surface area contributed by atoms with E-state index in [0.717, 1.165) is 24.2 Å². The maximum Gasteiger partial charge on any atom is 0.145 e. The first-order valence-corrected chi connectivity index (χ1v) is 4.30. The molecule has 1 fully saturated rings. The van der Waals surface area contributed by atoms with Crippen LogP contribution in [-0.4, -0.2) is 6.29 Å². The van der Waals surface area contributed by atoms with Crippen molar-refractivity contribution in [1.82, 2.24) is 0 Å². The maximum absolute atomic E-state index is 10.5. The van der Waals surface area contributed by atoms with Gasteiger partial charge in [0.05, 0.1) is 0 Å². The molecule has 3 aliphatic rings. The normalized spacial score (nSPS) is 38.9. The van der Waals surface area contributed by atoms with Crippen molar-refractivity contribution in [3.8, 4) is 0 Å². The van der Waals surface area contributed by atoms with Gasteiger partial charge >= 0.3 is 0 Å². The topological polar surface area (TPSA) is 17.1 Å². The number of carbonyl (C=O) groups excluding carboxylic acids is 1. The summed E-state index contributed by atoms with van der Waals surface area (Å²) in [6.45, 7) is 4.62. The van der Waals surface area contributed by atoms with Crippen LogP contribution in [0.1, 0.15) is 26.7 Å². The van der Waals surface area contributed by atoms with Crippen LogP contribution in [0.5, 0.6) is 0 Å². The van der Waals surface area contributed by atoms with Crippen molar-refractivity contribution in [2.24, 2.45) is 17.3 Å². The van der Waals surface area contributed by atoms with Gasteiger partial charge in [-0.25, -0.2) is 0 Å². The highest BCUT2D eigenvalue weighted by Crippen LogP contribution is 2.57. The zero-order valence-electron chi connectivity index (χ0n) is 7.13. The van der Waals surface area contributed by atoms with E-state index < -0.39 is 0 Å². The van der Waals surface area contributed by atoms with Crippen molar-refractivity contribution in [2.45, 2.75) is 26.7 Å². The standard InChI is InChI=1S/C10H14O/c1-10(2)8-3-7(6-11)4-9(10)5-8/h3,6,8-9H,4-5H2,1-2H3. The minimum Gasteiger partial charge on any atom is -0.298 e. The molecular weight excluding hydrogens is 136 g/mol. The highest BCUT2D eigenvalue weighted by molar-refractivity contribution is 5.74. The van der Waals surface area contributed by atoms with Crippen LogP contribution in [0.25, 0.3) is 0 Å². The third-order valence-corrected chi connectivity index (χ3v) is 3.60. The predicted octanol–water partition coefficient (Wildman–Crippen LogP) is 2.18. The van der Waals surface area contributed by atoms with Crippen molar-refractivity contribution >= 4 is 6.29 Å². The Bertz CT molecular complexity index is 225. The molecule has 60 valence electrons. The van der Waals surface area contributed by atoms with E-state index in [-0.39, 0.29) is 0 Å². The van der Waals surface area contributed by atoms with Crippen LogP contribution in [0.15, 0.2) is 11.6 Å². The molecule has 0 saturated heterocycles. The molecule has 0 spiro atoms. The van der Waals surface area contributed by atoms with Crippen molar-refractivity contribution in [1.29, 1.82) is 0 Å². The van der Waals surface area contributed by atoms with Crippen LogP contribution >= 0.6 is 0 Å². The molecule has 2 unspecified atom stereocenters. The fourth-order valence-corrected chi connectivity index (χ4v) is 2.38. The molecule has 0 heterocycles. The van der Waals surface area contributed by atoms with E-state index in [9.17, 15) is 4.79 Å². The molecule has 3 rings (SSSR count). The van der Waals surface area contributed by atoms with E-state index in [1.54, 1.807) is 0 Å². The molecule has 1 nitrogen and oxygen atoms in total. The average Bonchev–Trinajstić information content (AvgIpc) is 2.04.